The smallest absolute Gasteiger partial charge is 0.257 e. The number of anilines is 3. The van der Waals surface area contributed by atoms with Gasteiger partial charge in [0.25, 0.3) is 5.91 Å². The highest BCUT2D eigenvalue weighted by Crippen LogP contribution is 2.33. The number of fused-ring (bicyclic) bond motifs is 1. The minimum absolute atomic E-state index is 0.133. The molecule has 0 spiro atoms. The fourth-order valence-corrected chi connectivity index (χ4v) is 3.50. The standard InChI is InChI=1S/C21H23ClN4O2/c22-15-1-6-20-18(13-15)19(21(27)25-20)14-24-17-4-2-16(3-5-17)23-7-8-26-9-11-28-12-10-26/h1-6,13-14,23-24H,7-12H2,(H,25,27)/b19-14+. The third kappa shape index (κ3) is 4.47. The highest BCUT2D eigenvalue weighted by molar-refractivity contribution is 6.34. The number of carbonyl (C=O) groups excluding carboxylic acids is 1. The van der Waals surface area contributed by atoms with Gasteiger partial charge >= 0.3 is 0 Å². The van der Waals surface area contributed by atoms with Gasteiger partial charge in [0.05, 0.1) is 18.8 Å². The number of nitrogens with zero attached hydrogens (tertiary/aromatic N) is 1. The van der Waals surface area contributed by atoms with Gasteiger partial charge in [-0.2, -0.15) is 0 Å². The Morgan fingerprint density at radius 1 is 1.11 bits per heavy atom. The molecule has 2 aromatic rings. The first-order chi connectivity index (χ1) is 13.7. The molecule has 146 valence electrons. The molecule has 1 amide bonds. The first-order valence-corrected chi connectivity index (χ1v) is 9.79. The molecule has 3 N–H and O–H groups in total. The molecule has 1 fully saturated rings. The van der Waals surface area contributed by atoms with E-state index in [-0.39, 0.29) is 5.91 Å². The van der Waals surface area contributed by atoms with Crippen LogP contribution in [0, 0.1) is 0 Å². The third-order valence-electron chi connectivity index (χ3n) is 4.89. The molecular formula is C21H23ClN4O2. The van der Waals surface area contributed by atoms with Crippen molar-refractivity contribution >= 4 is 40.1 Å². The van der Waals surface area contributed by atoms with Crippen LogP contribution < -0.4 is 16.0 Å². The lowest BCUT2D eigenvalue weighted by atomic mass is 10.1. The number of rotatable bonds is 6. The quantitative estimate of drug-likeness (QED) is 0.650. The van der Waals surface area contributed by atoms with Crippen LogP contribution in [0.1, 0.15) is 5.56 Å². The van der Waals surface area contributed by atoms with Crippen LogP contribution in [0.3, 0.4) is 0 Å². The van der Waals surface area contributed by atoms with Gasteiger partial charge in [0.1, 0.15) is 0 Å². The summed E-state index contributed by atoms with van der Waals surface area (Å²) in [5, 5.41) is 10.1. The normalized spacial score (nSPS) is 18.0. The number of hydrogen-bond acceptors (Lipinski definition) is 5. The van der Waals surface area contributed by atoms with E-state index < -0.39 is 0 Å². The van der Waals surface area contributed by atoms with Crippen LogP contribution in [0.4, 0.5) is 17.1 Å². The fraction of sp³-hybridized carbons (Fsp3) is 0.286. The molecule has 2 heterocycles. The van der Waals surface area contributed by atoms with Gasteiger partial charge in [0, 0.05) is 60.0 Å². The number of halogens is 1. The van der Waals surface area contributed by atoms with Crippen molar-refractivity contribution < 1.29 is 9.53 Å². The molecule has 7 heteroatoms. The molecular weight excluding hydrogens is 376 g/mol. The van der Waals surface area contributed by atoms with Crippen molar-refractivity contribution in [3.63, 3.8) is 0 Å². The van der Waals surface area contributed by atoms with Gasteiger partial charge in [0.2, 0.25) is 0 Å². The summed E-state index contributed by atoms with van der Waals surface area (Å²) in [5.41, 5.74) is 4.15. The topological polar surface area (TPSA) is 65.6 Å². The summed E-state index contributed by atoms with van der Waals surface area (Å²) in [6.45, 7) is 5.55. The van der Waals surface area contributed by atoms with Crippen molar-refractivity contribution in [3.05, 3.63) is 59.3 Å². The average Bonchev–Trinajstić information content (AvgIpc) is 3.02. The molecule has 0 aromatic heterocycles. The summed E-state index contributed by atoms with van der Waals surface area (Å²) in [6, 6.07) is 13.4. The van der Waals surface area contributed by atoms with Crippen molar-refractivity contribution in [3.8, 4) is 0 Å². The van der Waals surface area contributed by atoms with Crippen LogP contribution >= 0.6 is 11.6 Å². The van der Waals surface area contributed by atoms with Gasteiger partial charge in [-0.15, -0.1) is 0 Å². The number of carbonyl (C=O) groups is 1. The Hall–Kier alpha value is -2.54. The average molecular weight is 399 g/mol. The zero-order valence-corrected chi connectivity index (χ0v) is 16.3. The minimum atomic E-state index is -0.133. The largest absolute Gasteiger partial charge is 0.384 e. The van der Waals surface area contributed by atoms with Crippen molar-refractivity contribution in [1.82, 2.24) is 4.90 Å². The lowest BCUT2D eigenvalue weighted by Gasteiger charge is -2.26. The van der Waals surface area contributed by atoms with Crippen molar-refractivity contribution in [2.75, 3.05) is 55.3 Å². The number of morpholine rings is 1. The summed E-state index contributed by atoms with van der Waals surface area (Å²) in [6.07, 6.45) is 1.72. The Labute approximate surface area is 169 Å². The van der Waals surface area contributed by atoms with E-state index in [2.05, 4.69) is 20.9 Å². The number of amides is 1. The van der Waals surface area contributed by atoms with Gasteiger partial charge in [-0.05, 0) is 42.5 Å². The van der Waals surface area contributed by atoms with Gasteiger partial charge in [-0.25, -0.2) is 0 Å². The molecule has 2 aliphatic rings. The first kappa shape index (κ1) is 18.8. The maximum atomic E-state index is 12.2. The number of nitrogens with one attached hydrogen (secondary N) is 3. The van der Waals surface area contributed by atoms with Crippen LogP contribution in [-0.4, -0.2) is 50.2 Å². The zero-order valence-electron chi connectivity index (χ0n) is 15.5. The van der Waals surface area contributed by atoms with Crippen LogP contribution in [0.2, 0.25) is 5.02 Å². The molecule has 0 bridgehead atoms. The van der Waals surface area contributed by atoms with Crippen molar-refractivity contribution in [1.29, 1.82) is 0 Å². The predicted molar refractivity (Wildman–Crippen MR) is 114 cm³/mol. The lowest BCUT2D eigenvalue weighted by Crippen LogP contribution is -2.38. The Kier molecular flexibility index (Phi) is 5.81. The zero-order chi connectivity index (χ0) is 19.3. The van der Waals surface area contributed by atoms with E-state index in [0.717, 1.165) is 62.0 Å². The van der Waals surface area contributed by atoms with Crippen LogP contribution in [0.25, 0.3) is 5.57 Å². The number of benzene rings is 2. The van der Waals surface area contributed by atoms with E-state index >= 15 is 0 Å². The Balaban J connectivity index is 1.33. The summed E-state index contributed by atoms with van der Waals surface area (Å²) in [7, 11) is 0. The molecule has 28 heavy (non-hydrogen) atoms. The molecule has 0 saturated carbocycles. The SMILES string of the molecule is O=C1Nc2ccc(Cl)cc2/C1=C\Nc1ccc(NCCN2CCOCC2)cc1. The van der Waals surface area contributed by atoms with Crippen LogP contribution in [-0.2, 0) is 9.53 Å². The van der Waals surface area contributed by atoms with Crippen molar-refractivity contribution in [2.24, 2.45) is 0 Å². The molecule has 1 saturated heterocycles. The highest BCUT2D eigenvalue weighted by atomic mass is 35.5. The summed E-state index contributed by atoms with van der Waals surface area (Å²) >= 11 is 6.06. The van der Waals surface area contributed by atoms with E-state index in [1.54, 1.807) is 18.3 Å². The molecule has 0 atom stereocenters. The minimum Gasteiger partial charge on any atom is -0.384 e. The monoisotopic (exact) mass is 398 g/mol. The molecule has 6 nitrogen and oxygen atoms in total. The number of ether oxygens (including phenoxy) is 1. The summed E-state index contributed by atoms with van der Waals surface area (Å²) in [5.74, 6) is -0.133. The molecule has 0 aliphatic carbocycles. The van der Waals surface area contributed by atoms with E-state index in [1.165, 1.54) is 0 Å². The maximum Gasteiger partial charge on any atom is 0.257 e. The van der Waals surface area contributed by atoms with Crippen LogP contribution in [0.5, 0.6) is 0 Å². The lowest BCUT2D eigenvalue weighted by molar-refractivity contribution is -0.110. The van der Waals surface area contributed by atoms with E-state index in [0.29, 0.717) is 10.6 Å². The molecule has 2 aliphatic heterocycles. The molecule has 2 aromatic carbocycles. The van der Waals surface area contributed by atoms with E-state index in [9.17, 15) is 4.79 Å². The Morgan fingerprint density at radius 3 is 2.64 bits per heavy atom. The maximum absolute atomic E-state index is 12.2. The number of hydrogen-bond donors (Lipinski definition) is 3. The second-order valence-electron chi connectivity index (χ2n) is 6.80. The van der Waals surface area contributed by atoms with Gasteiger partial charge in [0.15, 0.2) is 0 Å². The second kappa shape index (κ2) is 8.65. The van der Waals surface area contributed by atoms with Crippen molar-refractivity contribution in [2.45, 2.75) is 0 Å². The van der Waals surface area contributed by atoms with E-state index in [4.69, 9.17) is 16.3 Å². The van der Waals surface area contributed by atoms with E-state index in [1.807, 2.05) is 30.3 Å². The highest BCUT2D eigenvalue weighted by Gasteiger charge is 2.24. The molecule has 0 radical (unpaired) electrons. The van der Waals surface area contributed by atoms with Gasteiger partial charge in [-0.3, -0.25) is 9.69 Å². The summed E-state index contributed by atoms with van der Waals surface area (Å²) < 4.78 is 5.36. The fourth-order valence-electron chi connectivity index (χ4n) is 3.33. The Bertz CT molecular complexity index is 876. The van der Waals surface area contributed by atoms with Crippen LogP contribution in [0.15, 0.2) is 48.7 Å². The summed E-state index contributed by atoms with van der Waals surface area (Å²) in [4.78, 5) is 14.6. The molecule has 0 unspecified atom stereocenters. The third-order valence-corrected chi connectivity index (χ3v) is 5.13. The molecule has 4 rings (SSSR count). The Morgan fingerprint density at radius 2 is 1.86 bits per heavy atom. The van der Waals surface area contributed by atoms with Gasteiger partial charge < -0.3 is 20.7 Å². The van der Waals surface area contributed by atoms with Gasteiger partial charge in [-0.1, -0.05) is 11.6 Å². The second-order valence-corrected chi connectivity index (χ2v) is 7.24. The first-order valence-electron chi connectivity index (χ1n) is 9.41. The predicted octanol–water partition coefficient (Wildman–Crippen LogP) is 3.49.